The number of allylic oxidation sites excluding steroid dienone is 2. The summed E-state index contributed by atoms with van der Waals surface area (Å²) in [7, 11) is 0. The highest BCUT2D eigenvalue weighted by Crippen LogP contribution is 2.68. The Balaban J connectivity index is 1.19. The zero-order valence-corrected chi connectivity index (χ0v) is 25.4. The lowest BCUT2D eigenvalue weighted by Crippen LogP contribution is -2.49. The number of aryl methyl sites for hydroxylation is 1. The van der Waals surface area contributed by atoms with Crippen molar-refractivity contribution in [3.8, 4) is 0 Å². The summed E-state index contributed by atoms with van der Waals surface area (Å²) in [5.41, 5.74) is 5.23. The Morgan fingerprint density at radius 2 is 1.82 bits per heavy atom. The van der Waals surface area contributed by atoms with Crippen molar-refractivity contribution in [3.63, 3.8) is 0 Å². The van der Waals surface area contributed by atoms with E-state index in [4.69, 9.17) is 4.98 Å². The third-order valence-corrected chi connectivity index (χ3v) is 12.9. The second kappa shape index (κ2) is 10.4. The zero-order valence-electron chi connectivity index (χ0n) is 24.6. The minimum Gasteiger partial charge on any atom is -0.357 e. The molecule has 6 rings (SSSR count). The Hall–Kier alpha value is -1.61. The van der Waals surface area contributed by atoms with Gasteiger partial charge in [0.1, 0.15) is 0 Å². The molecular weight excluding hydrogens is 480 g/mol. The molecule has 0 unspecified atom stereocenters. The van der Waals surface area contributed by atoms with Crippen LogP contribution >= 0.6 is 11.3 Å². The Morgan fingerprint density at radius 3 is 2.61 bits per heavy atom. The normalized spacial score (nSPS) is 34.6. The van der Waals surface area contributed by atoms with Crippen molar-refractivity contribution in [1.82, 2.24) is 4.98 Å². The third-order valence-electron chi connectivity index (χ3n) is 11.8. The molecule has 7 atom stereocenters. The summed E-state index contributed by atoms with van der Waals surface area (Å²) in [5.74, 6) is 5.35. The molecule has 0 amide bonds. The molecule has 2 saturated carbocycles. The minimum absolute atomic E-state index is 0.335. The second-order valence-corrected chi connectivity index (χ2v) is 15.3. The van der Waals surface area contributed by atoms with Gasteiger partial charge in [0.2, 0.25) is 0 Å². The van der Waals surface area contributed by atoms with Gasteiger partial charge in [0.15, 0.2) is 5.13 Å². The van der Waals surface area contributed by atoms with E-state index in [0.29, 0.717) is 10.8 Å². The van der Waals surface area contributed by atoms with Gasteiger partial charge >= 0.3 is 0 Å². The molecule has 1 heterocycles. The summed E-state index contributed by atoms with van der Waals surface area (Å²) in [6, 6.07) is 10.7. The monoisotopic (exact) mass is 530 g/mol. The molecule has 2 aromatic rings. The highest BCUT2D eigenvalue weighted by Gasteiger charge is 2.59. The maximum Gasteiger partial charge on any atom is 0.183 e. The van der Waals surface area contributed by atoms with Crippen molar-refractivity contribution in [2.45, 2.75) is 105 Å². The van der Waals surface area contributed by atoms with Crippen LogP contribution in [-0.4, -0.2) is 4.98 Å². The molecule has 0 bridgehead atoms. The highest BCUT2D eigenvalue weighted by atomic mass is 32.1. The Kier molecular flexibility index (Phi) is 7.29. The van der Waals surface area contributed by atoms with E-state index in [9.17, 15) is 0 Å². The van der Waals surface area contributed by atoms with Gasteiger partial charge in [-0.15, -0.1) is 0 Å². The average molecular weight is 531 g/mol. The molecule has 2 fully saturated rings. The van der Waals surface area contributed by atoms with Crippen LogP contribution in [0.4, 0.5) is 5.13 Å². The first kappa shape index (κ1) is 26.6. The molecule has 1 N–H and O–H groups in total. The molecular formula is C35H50N2S. The number of fused-ring (bicyclic) bond motifs is 7. The molecule has 2 nitrogen and oxygen atoms in total. The summed E-state index contributed by atoms with van der Waals surface area (Å²) < 4.78 is 0. The van der Waals surface area contributed by atoms with E-state index in [2.05, 4.69) is 76.3 Å². The van der Waals surface area contributed by atoms with E-state index < -0.39 is 0 Å². The maximum atomic E-state index is 5.09. The second-order valence-electron chi connectivity index (χ2n) is 14.3. The number of hydrogen-bond acceptors (Lipinski definition) is 3. The summed E-state index contributed by atoms with van der Waals surface area (Å²) in [6.07, 6.45) is 16.6. The van der Waals surface area contributed by atoms with E-state index >= 15 is 0 Å². The van der Waals surface area contributed by atoms with Crippen LogP contribution in [0.1, 0.15) is 109 Å². The molecule has 38 heavy (non-hydrogen) atoms. The molecule has 206 valence electrons. The predicted molar refractivity (Wildman–Crippen MR) is 163 cm³/mol. The number of anilines is 1. The Bertz CT molecular complexity index is 1150. The number of benzene rings is 1. The minimum atomic E-state index is 0.335. The Labute approximate surface area is 236 Å². The maximum absolute atomic E-state index is 5.09. The molecule has 4 aliphatic rings. The predicted octanol–water partition coefficient (Wildman–Crippen LogP) is 10.0. The van der Waals surface area contributed by atoms with Crippen molar-refractivity contribution in [3.05, 3.63) is 52.5 Å². The molecule has 3 heteroatoms. The van der Waals surface area contributed by atoms with Crippen LogP contribution < -0.4 is 5.32 Å². The standard InChI is InChI=1S/C35H50N2S/c1-23(2)10-9-11-24(3)27-16-17-28-26-14-15-30-32-31(19-21-35(30,5)29(26)18-20-34(27,28)4)37-33(38-32)36-22-25-12-7-6-8-13-25/h6-8,12-13,15,23-24,26-29H,9-11,14,16-22H2,1-5H3,(H,36,37)/t24-,26+,27-,28+,29+,34-,35-/m1/s1. The van der Waals surface area contributed by atoms with Gasteiger partial charge in [0.25, 0.3) is 0 Å². The van der Waals surface area contributed by atoms with Gasteiger partial charge in [0.05, 0.1) is 10.6 Å². The van der Waals surface area contributed by atoms with E-state index in [1.165, 1.54) is 73.9 Å². The SMILES string of the molecule is CC(C)CCC[C@@H](C)[C@H]1CC[C@H]2[C@@H]3CC=C4c5sc(NCc6ccccc6)nc5CC[C@]4(C)[C@H]3CC[C@]12C. The van der Waals surface area contributed by atoms with Crippen molar-refractivity contribution in [2.24, 2.45) is 46.3 Å². The van der Waals surface area contributed by atoms with Crippen LogP contribution in [0.25, 0.3) is 5.57 Å². The lowest BCUT2D eigenvalue weighted by atomic mass is 9.47. The zero-order chi connectivity index (χ0) is 26.5. The summed E-state index contributed by atoms with van der Waals surface area (Å²) in [5, 5.41) is 4.74. The van der Waals surface area contributed by atoms with Gasteiger partial charge in [-0.25, -0.2) is 4.98 Å². The van der Waals surface area contributed by atoms with Crippen LogP contribution in [0.2, 0.25) is 0 Å². The van der Waals surface area contributed by atoms with Crippen LogP contribution in [0.15, 0.2) is 36.4 Å². The lowest BCUT2D eigenvalue weighted by molar-refractivity contribution is -0.0392. The summed E-state index contributed by atoms with van der Waals surface area (Å²) in [4.78, 5) is 6.59. The first-order chi connectivity index (χ1) is 18.3. The highest BCUT2D eigenvalue weighted by molar-refractivity contribution is 7.16. The topological polar surface area (TPSA) is 24.9 Å². The smallest absolute Gasteiger partial charge is 0.183 e. The Morgan fingerprint density at radius 1 is 1.00 bits per heavy atom. The average Bonchev–Trinajstić information content (AvgIpc) is 3.48. The fourth-order valence-corrected chi connectivity index (χ4v) is 10.9. The van der Waals surface area contributed by atoms with Crippen LogP contribution in [0.3, 0.4) is 0 Å². The van der Waals surface area contributed by atoms with Gasteiger partial charge in [-0.3, -0.25) is 0 Å². The molecule has 0 aliphatic heterocycles. The number of thiazole rings is 1. The first-order valence-electron chi connectivity index (χ1n) is 15.8. The van der Waals surface area contributed by atoms with Crippen LogP contribution in [-0.2, 0) is 13.0 Å². The molecule has 1 aromatic heterocycles. The van der Waals surface area contributed by atoms with E-state index in [1.807, 2.05) is 11.3 Å². The fraction of sp³-hybridized carbons (Fsp3) is 0.686. The van der Waals surface area contributed by atoms with Gasteiger partial charge in [0, 0.05) is 6.54 Å². The van der Waals surface area contributed by atoms with Crippen molar-refractivity contribution < 1.29 is 0 Å². The van der Waals surface area contributed by atoms with Gasteiger partial charge in [-0.1, -0.05) is 102 Å². The van der Waals surface area contributed by atoms with Gasteiger partial charge in [-0.2, -0.15) is 0 Å². The third kappa shape index (κ3) is 4.59. The molecule has 4 aliphatic carbocycles. The van der Waals surface area contributed by atoms with Gasteiger partial charge < -0.3 is 5.32 Å². The molecule has 0 saturated heterocycles. The van der Waals surface area contributed by atoms with E-state index in [1.54, 1.807) is 5.57 Å². The van der Waals surface area contributed by atoms with E-state index in [0.717, 1.165) is 53.6 Å². The van der Waals surface area contributed by atoms with Crippen molar-refractivity contribution in [1.29, 1.82) is 0 Å². The lowest BCUT2D eigenvalue weighted by Gasteiger charge is -2.57. The largest absolute Gasteiger partial charge is 0.357 e. The quantitative estimate of drug-likeness (QED) is 0.367. The summed E-state index contributed by atoms with van der Waals surface area (Å²) in [6.45, 7) is 13.6. The first-order valence-corrected chi connectivity index (χ1v) is 16.6. The molecule has 0 radical (unpaired) electrons. The summed E-state index contributed by atoms with van der Waals surface area (Å²) >= 11 is 1.92. The van der Waals surface area contributed by atoms with Crippen molar-refractivity contribution >= 4 is 22.0 Å². The van der Waals surface area contributed by atoms with E-state index in [-0.39, 0.29) is 0 Å². The van der Waals surface area contributed by atoms with Crippen LogP contribution in [0.5, 0.6) is 0 Å². The number of nitrogens with one attached hydrogen (secondary N) is 1. The number of rotatable bonds is 8. The number of nitrogens with zero attached hydrogens (tertiary/aromatic N) is 1. The molecule has 1 aromatic carbocycles. The van der Waals surface area contributed by atoms with Crippen LogP contribution in [0, 0.1) is 46.3 Å². The number of hydrogen-bond donors (Lipinski definition) is 1. The number of aromatic nitrogens is 1. The van der Waals surface area contributed by atoms with Crippen molar-refractivity contribution in [2.75, 3.05) is 5.32 Å². The fourth-order valence-electron chi connectivity index (χ4n) is 9.75. The van der Waals surface area contributed by atoms with Gasteiger partial charge in [-0.05, 0) is 102 Å². The molecule has 0 spiro atoms.